The van der Waals surface area contributed by atoms with Gasteiger partial charge in [-0.15, -0.1) is 0 Å². The van der Waals surface area contributed by atoms with E-state index in [2.05, 4.69) is 10.2 Å². The van der Waals surface area contributed by atoms with E-state index in [1.807, 2.05) is 0 Å². The minimum absolute atomic E-state index is 0.00417. The van der Waals surface area contributed by atoms with Crippen LogP contribution in [-0.2, 0) is 0 Å². The van der Waals surface area contributed by atoms with Gasteiger partial charge in [-0.05, 0) is 19.3 Å². The number of likely N-dealkylation sites (tertiary alicyclic amines) is 1. The van der Waals surface area contributed by atoms with Crippen LogP contribution in [0.4, 0.5) is 20.2 Å². The third kappa shape index (κ3) is 2.58. The smallest absolute Gasteiger partial charge is 0.327 e. The molecule has 1 aromatic rings. The van der Waals surface area contributed by atoms with Gasteiger partial charge < -0.3 is 5.32 Å². The molecule has 1 heterocycles. The van der Waals surface area contributed by atoms with Gasteiger partial charge in [0.25, 0.3) is 0 Å². The molecular formula is C13H15F2N3O2. The third-order valence-corrected chi connectivity index (χ3v) is 3.85. The monoisotopic (exact) mass is 283 g/mol. The number of nitro benzene ring substituents is 1. The van der Waals surface area contributed by atoms with Crippen molar-refractivity contribution in [3.8, 4) is 0 Å². The van der Waals surface area contributed by atoms with Crippen molar-refractivity contribution < 1.29 is 13.7 Å². The maximum atomic E-state index is 13.5. The van der Waals surface area contributed by atoms with Crippen LogP contribution >= 0.6 is 0 Å². The lowest BCUT2D eigenvalue weighted by atomic mass is 10.2. The maximum absolute atomic E-state index is 13.5. The normalized spacial score (nSPS) is 23.0. The van der Waals surface area contributed by atoms with Crippen LogP contribution in [0.3, 0.4) is 0 Å². The van der Waals surface area contributed by atoms with Crippen molar-refractivity contribution in [1.82, 2.24) is 4.90 Å². The summed E-state index contributed by atoms with van der Waals surface area (Å²) in [7, 11) is 0. The van der Waals surface area contributed by atoms with Gasteiger partial charge in [-0.3, -0.25) is 15.0 Å². The summed E-state index contributed by atoms with van der Waals surface area (Å²) in [6, 6.07) is 2.15. The van der Waals surface area contributed by atoms with Crippen molar-refractivity contribution in [1.29, 1.82) is 0 Å². The molecule has 0 amide bonds. The Morgan fingerprint density at radius 2 is 2.05 bits per heavy atom. The first-order valence-electron chi connectivity index (χ1n) is 6.68. The Kier molecular flexibility index (Phi) is 3.29. The molecule has 1 saturated heterocycles. The van der Waals surface area contributed by atoms with Gasteiger partial charge in [-0.2, -0.15) is 4.39 Å². The summed E-state index contributed by atoms with van der Waals surface area (Å²) in [5, 5.41) is 13.8. The molecule has 1 aliphatic heterocycles. The third-order valence-electron chi connectivity index (χ3n) is 3.85. The predicted octanol–water partition coefficient (Wildman–Crippen LogP) is 2.52. The number of benzene rings is 1. The number of nitro groups is 1. The van der Waals surface area contributed by atoms with Crippen LogP contribution < -0.4 is 5.32 Å². The van der Waals surface area contributed by atoms with Crippen LogP contribution in [0.15, 0.2) is 12.1 Å². The van der Waals surface area contributed by atoms with Crippen LogP contribution in [0.25, 0.3) is 0 Å². The second-order valence-electron chi connectivity index (χ2n) is 5.40. The fraction of sp³-hybridized carbons (Fsp3) is 0.538. The summed E-state index contributed by atoms with van der Waals surface area (Å²) in [4.78, 5) is 12.4. The molecule has 1 atom stereocenters. The molecule has 2 fully saturated rings. The highest BCUT2D eigenvalue weighted by atomic mass is 19.1. The van der Waals surface area contributed by atoms with Gasteiger partial charge in [-0.1, -0.05) is 0 Å². The highest BCUT2D eigenvalue weighted by Gasteiger charge is 2.35. The Morgan fingerprint density at radius 1 is 1.30 bits per heavy atom. The number of nitrogens with zero attached hydrogens (tertiary/aromatic N) is 2. The van der Waals surface area contributed by atoms with Crippen molar-refractivity contribution in [2.24, 2.45) is 0 Å². The number of hydrogen-bond acceptors (Lipinski definition) is 4. The highest BCUT2D eigenvalue weighted by molar-refractivity contribution is 5.62. The first kappa shape index (κ1) is 13.2. The Morgan fingerprint density at radius 3 is 2.70 bits per heavy atom. The summed E-state index contributed by atoms with van der Waals surface area (Å²) in [6.07, 6.45) is 3.22. The molecule has 108 valence electrons. The maximum Gasteiger partial charge on any atom is 0.327 e. The quantitative estimate of drug-likeness (QED) is 0.681. The van der Waals surface area contributed by atoms with E-state index in [0.29, 0.717) is 12.1 Å². The zero-order valence-electron chi connectivity index (χ0n) is 10.8. The molecule has 1 N–H and O–H groups in total. The van der Waals surface area contributed by atoms with E-state index in [4.69, 9.17) is 0 Å². The fourth-order valence-electron chi connectivity index (χ4n) is 2.76. The second-order valence-corrected chi connectivity index (χ2v) is 5.40. The predicted molar refractivity (Wildman–Crippen MR) is 69.6 cm³/mol. The van der Waals surface area contributed by atoms with E-state index in [1.165, 1.54) is 12.8 Å². The lowest BCUT2D eigenvalue weighted by molar-refractivity contribution is -0.386. The van der Waals surface area contributed by atoms with Crippen molar-refractivity contribution in [2.75, 3.05) is 18.4 Å². The van der Waals surface area contributed by atoms with Crippen LogP contribution in [0.1, 0.15) is 19.3 Å². The fourth-order valence-corrected chi connectivity index (χ4v) is 2.76. The summed E-state index contributed by atoms with van der Waals surface area (Å²) >= 11 is 0. The molecule has 1 aromatic carbocycles. The van der Waals surface area contributed by atoms with E-state index in [9.17, 15) is 18.9 Å². The summed E-state index contributed by atoms with van der Waals surface area (Å²) in [5.41, 5.74) is -0.758. The van der Waals surface area contributed by atoms with Crippen LogP contribution in [0.5, 0.6) is 0 Å². The average Bonchev–Trinajstić information content (AvgIpc) is 3.09. The van der Waals surface area contributed by atoms with E-state index in [-0.39, 0.29) is 11.7 Å². The van der Waals surface area contributed by atoms with Gasteiger partial charge in [-0.25, -0.2) is 4.39 Å². The van der Waals surface area contributed by atoms with Gasteiger partial charge >= 0.3 is 5.69 Å². The van der Waals surface area contributed by atoms with Crippen LogP contribution in [0, 0.1) is 21.7 Å². The van der Waals surface area contributed by atoms with Crippen molar-refractivity contribution >= 4 is 11.4 Å². The largest absolute Gasteiger partial charge is 0.375 e. The first-order valence-corrected chi connectivity index (χ1v) is 6.68. The Bertz CT molecular complexity index is 549. The number of halogens is 2. The summed E-state index contributed by atoms with van der Waals surface area (Å²) in [6.45, 7) is 1.69. The summed E-state index contributed by atoms with van der Waals surface area (Å²) in [5.74, 6) is -1.96. The SMILES string of the molecule is O=[N+]([O-])c1c(F)cc(F)cc1NC1CCN(C2CC2)C1. The molecule has 3 rings (SSSR count). The molecule has 0 aromatic heterocycles. The molecule has 0 spiro atoms. The zero-order valence-corrected chi connectivity index (χ0v) is 10.8. The van der Waals surface area contributed by atoms with Crippen molar-refractivity contribution in [2.45, 2.75) is 31.3 Å². The molecule has 0 bridgehead atoms. The number of anilines is 1. The lowest BCUT2D eigenvalue weighted by Gasteiger charge is -2.16. The molecule has 1 unspecified atom stereocenters. The molecule has 1 saturated carbocycles. The van der Waals surface area contributed by atoms with Gasteiger partial charge in [0.2, 0.25) is 5.82 Å². The first-order chi connectivity index (χ1) is 9.54. The number of nitrogens with one attached hydrogen (secondary N) is 1. The molecule has 0 radical (unpaired) electrons. The highest BCUT2D eigenvalue weighted by Crippen LogP contribution is 2.33. The van der Waals surface area contributed by atoms with Gasteiger partial charge in [0.05, 0.1) is 4.92 Å². The minimum Gasteiger partial charge on any atom is -0.375 e. The summed E-state index contributed by atoms with van der Waals surface area (Å²) < 4.78 is 26.8. The molecule has 5 nitrogen and oxygen atoms in total. The van der Waals surface area contributed by atoms with Crippen LogP contribution in [0.2, 0.25) is 0 Å². The molecule has 1 aliphatic carbocycles. The lowest BCUT2D eigenvalue weighted by Crippen LogP contribution is -2.28. The Balaban J connectivity index is 1.78. The molecule has 2 aliphatic rings. The molecule has 20 heavy (non-hydrogen) atoms. The Labute approximate surface area is 114 Å². The standard InChI is InChI=1S/C13H15F2N3O2/c14-8-5-11(15)13(18(19)20)12(6-8)16-9-3-4-17(7-9)10-1-2-10/h5-6,9-10,16H,1-4,7H2. The van der Waals surface area contributed by atoms with E-state index in [0.717, 1.165) is 25.6 Å². The van der Waals surface area contributed by atoms with Gasteiger partial charge in [0, 0.05) is 37.3 Å². The van der Waals surface area contributed by atoms with Gasteiger partial charge in [0.1, 0.15) is 11.5 Å². The van der Waals surface area contributed by atoms with E-state index >= 15 is 0 Å². The van der Waals surface area contributed by atoms with Crippen LogP contribution in [-0.4, -0.2) is 35.0 Å². The van der Waals surface area contributed by atoms with E-state index < -0.39 is 22.2 Å². The van der Waals surface area contributed by atoms with Crippen molar-refractivity contribution in [3.63, 3.8) is 0 Å². The molecular weight excluding hydrogens is 268 g/mol. The van der Waals surface area contributed by atoms with Crippen molar-refractivity contribution in [3.05, 3.63) is 33.9 Å². The number of hydrogen-bond donors (Lipinski definition) is 1. The second kappa shape index (κ2) is 4.97. The minimum atomic E-state index is -1.14. The molecule has 7 heteroatoms. The van der Waals surface area contributed by atoms with E-state index in [1.54, 1.807) is 0 Å². The zero-order chi connectivity index (χ0) is 14.3. The van der Waals surface area contributed by atoms with Gasteiger partial charge in [0.15, 0.2) is 0 Å². The topological polar surface area (TPSA) is 58.4 Å². The Hall–Kier alpha value is -1.76. The number of rotatable bonds is 4. The average molecular weight is 283 g/mol.